The maximum atomic E-state index is 13.0. The lowest BCUT2D eigenvalue weighted by molar-refractivity contribution is -0.118. The number of nitrogens with zero attached hydrogens (tertiary/aromatic N) is 3. The molecule has 0 bridgehead atoms. The quantitative estimate of drug-likeness (QED) is 0.497. The Kier molecular flexibility index (Phi) is 4.94. The second-order valence-corrected chi connectivity index (χ2v) is 7.03. The molecule has 0 fully saturated rings. The van der Waals surface area contributed by atoms with Crippen molar-refractivity contribution in [3.63, 3.8) is 0 Å². The standard InChI is InChI=1S/C22H19N3OS/c1-2-25(20-12-7-9-16-8-3-4-10-18(16)20)21(26)14-17-15-27-22(24-17)19-11-5-6-13-23-19/h3-13,15H,2,14H2,1H3. The van der Waals surface area contributed by atoms with E-state index in [1.807, 2.05) is 59.7 Å². The number of rotatable bonds is 5. The van der Waals surface area contributed by atoms with Gasteiger partial charge in [-0.2, -0.15) is 0 Å². The summed E-state index contributed by atoms with van der Waals surface area (Å²) < 4.78 is 0. The summed E-state index contributed by atoms with van der Waals surface area (Å²) in [6, 6.07) is 20.0. The molecule has 0 saturated carbocycles. The van der Waals surface area contributed by atoms with Crippen LogP contribution in [0.3, 0.4) is 0 Å². The predicted octanol–water partition coefficient (Wildman–Crippen LogP) is 4.95. The molecule has 0 saturated heterocycles. The van der Waals surface area contributed by atoms with Gasteiger partial charge in [-0.15, -0.1) is 11.3 Å². The summed E-state index contributed by atoms with van der Waals surface area (Å²) in [5.74, 6) is 0.0479. The van der Waals surface area contributed by atoms with Crippen molar-refractivity contribution in [2.45, 2.75) is 13.3 Å². The number of fused-ring (bicyclic) bond motifs is 1. The number of amides is 1. The topological polar surface area (TPSA) is 46.1 Å². The van der Waals surface area contributed by atoms with Crippen LogP contribution in [0.1, 0.15) is 12.6 Å². The minimum Gasteiger partial charge on any atom is -0.312 e. The maximum Gasteiger partial charge on any atom is 0.233 e. The highest BCUT2D eigenvalue weighted by atomic mass is 32.1. The van der Waals surface area contributed by atoms with Crippen LogP contribution in [-0.2, 0) is 11.2 Å². The highest BCUT2D eigenvalue weighted by Gasteiger charge is 2.18. The van der Waals surface area contributed by atoms with Gasteiger partial charge in [0.1, 0.15) is 5.01 Å². The Bertz CT molecular complexity index is 1070. The van der Waals surface area contributed by atoms with Crippen LogP contribution in [0.4, 0.5) is 5.69 Å². The molecule has 0 aliphatic rings. The second-order valence-electron chi connectivity index (χ2n) is 6.17. The third-order valence-electron chi connectivity index (χ3n) is 4.44. The average molecular weight is 373 g/mol. The highest BCUT2D eigenvalue weighted by molar-refractivity contribution is 7.13. The largest absolute Gasteiger partial charge is 0.312 e. The lowest BCUT2D eigenvalue weighted by Gasteiger charge is -2.22. The van der Waals surface area contributed by atoms with Gasteiger partial charge in [-0.05, 0) is 30.5 Å². The lowest BCUT2D eigenvalue weighted by atomic mass is 10.1. The molecule has 0 aliphatic carbocycles. The normalized spacial score (nSPS) is 10.9. The molecule has 2 heterocycles. The first kappa shape index (κ1) is 17.4. The number of benzene rings is 2. The molecule has 1 amide bonds. The first-order chi connectivity index (χ1) is 13.3. The van der Waals surface area contributed by atoms with E-state index in [-0.39, 0.29) is 12.3 Å². The number of likely N-dealkylation sites (N-methyl/N-ethyl adjacent to an activating group) is 1. The first-order valence-corrected chi connectivity index (χ1v) is 9.78. The zero-order valence-electron chi connectivity index (χ0n) is 15.0. The molecule has 4 rings (SSSR count). The van der Waals surface area contributed by atoms with E-state index in [0.717, 1.165) is 32.9 Å². The van der Waals surface area contributed by atoms with Crippen molar-refractivity contribution in [2.75, 3.05) is 11.4 Å². The summed E-state index contributed by atoms with van der Waals surface area (Å²) in [6.45, 7) is 2.62. The van der Waals surface area contributed by atoms with Crippen LogP contribution >= 0.6 is 11.3 Å². The number of hydrogen-bond acceptors (Lipinski definition) is 4. The molecule has 27 heavy (non-hydrogen) atoms. The third kappa shape index (κ3) is 3.59. The number of carbonyl (C=O) groups is 1. The second kappa shape index (κ2) is 7.68. The molecule has 0 spiro atoms. The van der Waals surface area contributed by atoms with Crippen LogP contribution in [0, 0.1) is 0 Å². The van der Waals surface area contributed by atoms with Gasteiger partial charge < -0.3 is 4.90 Å². The number of thiazole rings is 1. The fourth-order valence-corrected chi connectivity index (χ4v) is 3.97. The maximum absolute atomic E-state index is 13.0. The van der Waals surface area contributed by atoms with Gasteiger partial charge in [0.15, 0.2) is 0 Å². The minimum absolute atomic E-state index is 0.0479. The van der Waals surface area contributed by atoms with Crippen molar-refractivity contribution in [3.05, 3.63) is 77.9 Å². The SMILES string of the molecule is CCN(C(=O)Cc1csc(-c2ccccn2)n1)c1cccc2ccccc12. The van der Waals surface area contributed by atoms with E-state index in [9.17, 15) is 4.79 Å². The first-order valence-electron chi connectivity index (χ1n) is 8.90. The fraction of sp³-hybridized carbons (Fsp3) is 0.136. The predicted molar refractivity (Wildman–Crippen MR) is 111 cm³/mol. The molecular formula is C22H19N3OS. The summed E-state index contributed by atoms with van der Waals surface area (Å²) in [5, 5.41) is 5.00. The molecule has 0 aliphatic heterocycles. The van der Waals surface area contributed by atoms with E-state index in [1.54, 1.807) is 6.20 Å². The molecular weight excluding hydrogens is 354 g/mol. The smallest absolute Gasteiger partial charge is 0.233 e. The average Bonchev–Trinajstić information content (AvgIpc) is 3.18. The van der Waals surface area contributed by atoms with Crippen LogP contribution in [0.5, 0.6) is 0 Å². The van der Waals surface area contributed by atoms with Crippen molar-refractivity contribution >= 4 is 33.7 Å². The fourth-order valence-electron chi connectivity index (χ4n) is 3.17. The van der Waals surface area contributed by atoms with Gasteiger partial charge in [0.05, 0.1) is 23.5 Å². The number of pyridine rings is 1. The summed E-state index contributed by atoms with van der Waals surface area (Å²) in [5.41, 5.74) is 2.56. The monoisotopic (exact) mass is 373 g/mol. The van der Waals surface area contributed by atoms with Crippen molar-refractivity contribution < 1.29 is 4.79 Å². The molecule has 2 aromatic carbocycles. The van der Waals surface area contributed by atoms with Crippen molar-refractivity contribution in [1.29, 1.82) is 0 Å². The van der Waals surface area contributed by atoms with Crippen LogP contribution in [0.15, 0.2) is 72.2 Å². The minimum atomic E-state index is 0.0479. The van der Waals surface area contributed by atoms with Gasteiger partial charge in [-0.1, -0.05) is 42.5 Å². The molecule has 4 nitrogen and oxygen atoms in total. The van der Waals surface area contributed by atoms with E-state index in [2.05, 4.69) is 28.2 Å². The van der Waals surface area contributed by atoms with Gasteiger partial charge in [-0.25, -0.2) is 4.98 Å². The molecule has 0 radical (unpaired) electrons. The number of hydrogen-bond donors (Lipinski definition) is 0. The summed E-state index contributed by atoms with van der Waals surface area (Å²) in [7, 11) is 0. The highest BCUT2D eigenvalue weighted by Crippen LogP contribution is 2.28. The van der Waals surface area contributed by atoms with E-state index in [4.69, 9.17) is 0 Å². The number of carbonyl (C=O) groups excluding carboxylic acids is 1. The molecule has 134 valence electrons. The van der Waals surface area contributed by atoms with E-state index < -0.39 is 0 Å². The number of aromatic nitrogens is 2. The Labute approximate surface area is 162 Å². The number of anilines is 1. The Balaban J connectivity index is 1.59. The third-order valence-corrected chi connectivity index (χ3v) is 5.36. The zero-order chi connectivity index (χ0) is 18.6. The Hall–Kier alpha value is -3.05. The van der Waals surface area contributed by atoms with Crippen molar-refractivity contribution in [2.24, 2.45) is 0 Å². The molecule has 4 aromatic rings. The Morgan fingerprint density at radius 1 is 1.04 bits per heavy atom. The summed E-state index contributed by atoms with van der Waals surface area (Å²) in [4.78, 5) is 23.8. The Morgan fingerprint density at radius 2 is 1.85 bits per heavy atom. The Morgan fingerprint density at radius 3 is 2.67 bits per heavy atom. The van der Waals surface area contributed by atoms with Gasteiger partial charge in [0, 0.05) is 23.5 Å². The molecule has 0 unspecified atom stereocenters. The molecule has 0 atom stereocenters. The molecule has 2 aromatic heterocycles. The van der Waals surface area contributed by atoms with Gasteiger partial charge in [0.2, 0.25) is 5.91 Å². The van der Waals surface area contributed by atoms with Crippen LogP contribution in [-0.4, -0.2) is 22.4 Å². The van der Waals surface area contributed by atoms with Crippen molar-refractivity contribution in [3.8, 4) is 10.7 Å². The lowest BCUT2D eigenvalue weighted by Crippen LogP contribution is -2.32. The molecule has 0 N–H and O–H groups in total. The van der Waals surface area contributed by atoms with Crippen molar-refractivity contribution in [1.82, 2.24) is 9.97 Å². The zero-order valence-corrected chi connectivity index (χ0v) is 15.8. The molecule has 5 heteroatoms. The van der Waals surface area contributed by atoms with Gasteiger partial charge in [-0.3, -0.25) is 9.78 Å². The van der Waals surface area contributed by atoms with Crippen LogP contribution in [0.2, 0.25) is 0 Å². The van der Waals surface area contributed by atoms with Crippen LogP contribution < -0.4 is 4.90 Å². The van der Waals surface area contributed by atoms with Gasteiger partial charge >= 0.3 is 0 Å². The van der Waals surface area contributed by atoms with E-state index in [0.29, 0.717) is 6.54 Å². The summed E-state index contributed by atoms with van der Waals surface area (Å²) in [6.07, 6.45) is 2.03. The van der Waals surface area contributed by atoms with E-state index >= 15 is 0 Å². The van der Waals surface area contributed by atoms with Crippen LogP contribution in [0.25, 0.3) is 21.5 Å². The van der Waals surface area contributed by atoms with Gasteiger partial charge in [0.25, 0.3) is 0 Å². The summed E-state index contributed by atoms with van der Waals surface area (Å²) >= 11 is 1.52. The van der Waals surface area contributed by atoms with E-state index in [1.165, 1.54) is 11.3 Å².